The number of rotatable bonds is 7. The molecule has 0 unspecified atom stereocenters. The van der Waals surface area contributed by atoms with Crippen molar-refractivity contribution in [3.05, 3.63) is 0 Å². The van der Waals surface area contributed by atoms with E-state index in [2.05, 4.69) is 20.4 Å². The van der Waals surface area contributed by atoms with Crippen LogP contribution < -0.4 is 10.6 Å². The predicted molar refractivity (Wildman–Crippen MR) is 98.9 cm³/mol. The van der Waals surface area contributed by atoms with Crippen LogP contribution in [-0.2, 0) is 19.1 Å². The fourth-order valence-corrected chi connectivity index (χ4v) is 3.75. The molecule has 2 N–H and O–H groups in total. The standard InChI is InChI=1S/C18H34N4O4/c1-13-7-21(8-14(2)25-13)11-17(23)19-5-6-20-18(24)12-22-9-15(3)26-16(4)10-22/h13-16H,5-12H2,1-4H3,(H,19,23)(H,20,24)/t13-,14-,15-,16+/m0/s1. The maximum Gasteiger partial charge on any atom is 0.234 e. The Morgan fingerprint density at radius 3 is 1.35 bits per heavy atom. The number of carbonyl (C=O) groups is 2. The highest BCUT2D eigenvalue weighted by Gasteiger charge is 2.24. The van der Waals surface area contributed by atoms with Crippen LogP contribution in [0.3, 0.4) is 0 Å². The summed E-state index contributed by atoms with van der Waals surface area (Å²) >= 11 is 0. The molecule has 2 fully saturated rings. The van der Waals surface area contributed by atoms with Crippen LogP contribution in [0.15, 0.2) is 0 Å². The maximum atomic E-state index is 12.0. The molecule has 0 saturated carbocycles. The summed E-state index contributed by atoms with van der Waals surface area (Å²) in [5.41, 5.74) is 0. The van der Waals surface area contributed by atoms with Gasteiger partial charge in [-0.25, -0.2) is 0 Å². The smallest absolute Gasteiger partial charge is 0.234 e. The number of carbonyl (C=O) groups excluding carboxylic acids is 2. The lowest BCUT2D eigenvalue weighted by molar-refractivity contribution is -0.127. The molecule has 8 heteroatoms. The van der Waals surface area contributed by atoms with Crippen LogP contribution in [0.5, 0.6) is 0 Å². The quantitative estimate of drug-likeness (QED) is 0.585. The van der Waals surface area contributed by atoms with E-state index in [9.17, 15) is 9.59 Å². The zero-order chi connectivity index (χ0) is 19.1. The molecule has 2 rings (SSSR count). The average molecular weight is 370 g/mol. The first-order valence-corrected chi connectivity index (χ1v) is 9.61. The predicted octanol–water partition coefficient (Wildman–Crippen LogP) is -0.563. The Kier molecular flexibility index (Phi) is 8.27. The lowest BCUT2D eigenvalue weighted by Crippen LogP contribution is -2.50. The molecule has 0 aromatic carbocycles. The number of amides is 2. The minimum Gasteiger partial charge on any atom is -0.373 e. The Balaban J connectivity index is 1.56. The third kappa shape index (κ3) is 7.57. The second-order valence-corrected chi connectivity index (χ2v) is 7.60. The highest BCUT2D eigenvalue weighted by molar-refractivity contribution is 5.79. The van der Waals surface area contributed by atoms with Gasteiger partial charge in [0.2, 0.25) is 11.8 Å². The summed E-state index contributed by atoms with van der Waals surface area (Å²) in [6.45, 7) is 12.8. The molecule has 2 saturated heterocycles. The van der Waals surface area contributed by atoms with E-state index in [0.29, 0.717) is 26.2 Å². The molecule has 0 spiro atoms. The van der Waals surface area contributed by atoms with E-state index in [1.165, 1.54) is 0 Å². The summed E-state index contributed by atoms with van der Waals surface area (Å²) in [6, 6.07) is 0. The first kappa shape index (κ1) is 21.1. The third-order valence-corrected chi connectivity index (χ3v) is 4.49. The molecule has 8 nitrogen and oxygen atoms in total. The minimum atomic E-state index is -0.0172. The van der Waals surface area contributed by atoms with E-state index in [-0.39, 0.29) is 36.2 Å². The van der Waals surface area contributed by atoms with Gasteiger partial charge in [-0.15, -0.1) is 0 Å². The first-order valence-electron chi connectivity index (χ1n) is 9.61. The molecule has 150 valence electrons. The molecule has 4 atom stereocenters. The van der Waals surface area contributed by atoms with Crippen LogP contribution in [0.4, 0.5) is 0 Å². The topological polar surface area (TPSA) is 83.1 Å². The lowest BCUT2D eigenvalue weighted by Gasteiger charge is -2.35. The largest absolute Gasteiger partial charge is 0.373 e. The molecule has 0 aromatic rings. The monoisotopic (exact) mass is 370 g/mol. The van der Waals surface area contributed by atoms with Crippen molar-refractivity contribution >= 4 is 11.8 Å². The van der Waals surface area contributed by atoms with Gasteiger partial charge in [-0.1, -0.05) is 0 Å². The van der Waals surface area contributed by atoms with Crippen molar-refractivity contribution in [3.8, 4) is 0 Å². The molecular formula is C18H34N4O4. The van der Waals surface area contributed by atoms with Gasteiger partial charge in [-0.2, -0.15) is 0 Å². The van der Waals surface area contributed by atoms with Crippen molar-refractivity contribution in [3.63, 3.8) is 0 Å². The lowest BCUT2D eigenvalue weighted by atomic mass is 10.2. The summed E-state index contributed by atoms with van der Waals surface area (Å²) < 4.78 is 11.3. The molecule has 2 amide bonds. The summed E-state index contributed by atoms with van der Waals surface area (Å²) in [5, 5.41) is 5.73. The average Bonchev–Trinajstić information content (AvgIpc) is 2.49. The number of morpholine rings is 2. The van der Waals surface area contributed by atoms with Crippen LogP contribution in [0.2, 0.25) is 0 Å². The SMILES string of the molecule is C[C@@H]1CN(CC(=O)NCCNC(=O)CN2C[C@H](C)O[C@@H](C)C2)C[C@H](C)O1. The van der Waals surface area contributed by atoms with Crippen molar-refractivity contribution in [1.29, 1.82) is 0 Å². The molecule has 0 bridgehead atoms. The van der Waals surface area contributed by atoms with Gasteiger partial charge in [0.25, 0.3) is 0 Å². The highest BCUT2D eigenvalue weighted by atomic mass is 16.5. The van der Waals surface area contributed by atoms with E-state index in [0.717, 1.165) is 26.2 Å². The normalized spacial score (nSPS) is 30.8. The van der Waals surface area contributed by atoms with Gasteiger partial charge in [-0.3, -0.25) is 19.4 Å². The van der Waals surface area contributed by atoms with Gasteiger partial charge >= 0.3 is 0 Å². The number of nitrogens with one attached hydrogen (secondary N) is 2. The number of nitrogens with zero attached hydrogens (tertiary/aromatic N) is 2. The maximum absolute atomic E-state index is 12.0. The number of ether oxygens (including phenoxy) is 2. The Morgan fingerprint density at radius 1 is 0.731 bits per heavy atom. The Morgan fingerprint density at radius 2 is 1.04 bits per heavy atom. The molecule has 2 aliphatic rings. The van der Waals surface area contributed by atoms with Crippen molar-refractivity contribution in [2.75, 3.05) is 52.4 Å². The van der Waals surface area contributed by atoms with Crippen molar-refractivity contribution < 1.29 is 19.1 Å². The fraction of sp³-hybridized carbons (Fsp3) is 0.889. The van der Waals surface area contributed by atoms with Crippen LogP contribution in [0, 0.1) is 0 Å². The molecule has 0 aliphatic carbocycles. The van der Waals surface area contributed by atoms with E-state index in [1.54, 1.807) is 0 Å². The summed E-state index contributed by atoms with van der Waals surface area (Å²) in [7, 11) is 0. The van der Waals surface area contributed by atoms with Crippen molar-refractivity contribution in [2.24, 2.45) is 0 Å². The molecule has 2 heterocycles. The van der Waals surface area contributed by atoms with Crippen LogP contribution in [0.1, 0.15) is 27.7 Å². The molecule has 26 heavy (non-hydrogen) atoms. The van der Waals surface area contributed by atoms with Crippen molar-refractivity contribution in [1.82, 2.24) is 20.4 Å². The van der Waals surface area contributed by atoms with Crippen LogP contribution in [0.25, 0.3) is 0 Å². The van der Waals surface area contributed by atoms with Gasteiger partial charge in [0.1, 0.15) is 0 Å². The van der Waals surface area contributed by atoms with Crippen LogP contribution in [-0.4, -0.2) is 98.4 Å². The van der Waals surface area contributed by atoms with Gasteiger partial charge in [0.05, 0.1) is 37.5 Å². The van der Waals surface area contributed by atoms with Gasteiger partial charge in [0, 0.05) is 39.3 Å². The second-order valence-electron chi connectivity index (χ2n) is 7.60. The first-order chi connectivity index (χ1) is 12.3. The van der Waals surface area contributed by atoms with E-state index >= 15 is 0 Å². The zero-order valence-electron chi connectivity index (χ0n) is 16.5. The minimum absolute atomic E-state index is 0.0172. The summed E-state index contributed by atoms with van der Waals surface area (Å²) in [5.74, 6) is -0.0345. The Hall–Kier alpha value is -1.22. The fourth-order valence-electron chi connectivity index (χ4n) is 3.75. The zero-order valence-corrected chi connectivity index (χ0v) is 16.5. The Bertz CT molecular complexity index is 414. The summed E-state index contributed by atoms with van der Waals surface area (Å²) in [6.07, 6.45) is 0.598. The van der Waals surface area contributed by atoms with E-state index < -0.39 is 0 Å². The summed E-state index contributed by atoms with van der Waals surface area (Å²) in [4.78, 5) is 28.3. The highest BCUT2D eigenvalue weighted by Crippen LogP contribution is 2.10. The van der Waals surface area contributed by atoms with Crippen LogP contribution >= 0.6 is 0 Å². The Labute approximate surface area is 156 Å². The molecule has 0 aromatic heterocycles. The second kappa shape index (κ2) is 10.2. The van der Waals surface area contributed by atoms with E-state index in [4.69, 9.17) is 9.47 Å². The number of hydrogen-bond acceptors (Lipinski definition) is 6. The van der Waals surface area contributed by atoms with Crippen molar-refractivity contribution in [2.45, 2.75) is 52.1 Å². The molecule has 0 radical (unpaired) electrons. The molecular weight excluding hydrogens is 336 g/mol. The van der Waals surface area contributed by atoms with Gasteiger partial charge in [-0.05, 0) is 27.7 Å². The van der Waals surface area contributed by atoms with E-state index in [1.807, 2.05) is 27.7 Å². The third-order valence-electron chi connectivity index (χ3n) is 4.49. The van der Waals surface area contributed by atoms with Gasteiger partial charge in [0.15, 0.2) is 0 Å². The number of hydrogen-bond donors (Lipinski definition) is 2. The van der Waals surface area contributed by atoms with Gasteiger partial charge < -0.3 is 20.1 Å². The molecule has 2 aliphatic heterocycles.